The molecule has 0 bridgehead atoms. The minimum atomic E-state index is -0.117. The average Bonchev–Trinajstić information content (AvgIpc) is 3.11. The van der Waals surface area contributed by atoms with Crippen LogP contribution >= 0.6 is 0 Å². The third kappa shape index (κ3) is 3.27. The molecule has 2 aromatic rings. The molecule has 1 aliphatic heterocycles. The van der Waals surface area contributed by atoms with E-state index in [0.717, 1.165) is 37.1 Å². The summed E-state index contributed by atoms with van der Waals surface area (Å²) in [7, 11) is 1.63. The second kappa shape index (κ2) is 7.03. The van der Waals surface area contributed by atoms with Crippen molar-refractivity contribution >= 4 is 5.91 Å². The van der Waals surface area contributed by atoms with Crippen LogP contribution in [0.2, 0.25) is 0 Å². The van der Waals surface area contributed by atoms with E-state index < -0.39 is 0 Å². The molecule has 1 unspecified atom stereocenters. The Kier molecular flexibility index (Phi) is 4.83. The van der Waals surface area contributed by atoms with Crippen LogP contribution in [0.1, 0.15) is 45.0 Å². The second-order valence-corrected chi connectivity index (χ2v) is 6.38. The van der Waals surface area contributed by atoms with Gasteiger partial charge in [-0.25, -0.2) is 0 Å². The first-order valence-corrected chi connectivity index (χ1v) is 8.38. The fraction of sp³-hybridized carbons (Fsp3) is 0.500. The maximum absolute atomic E-state index is 12.5. The summed E-state index contributed by atoms with van der Waals surface area (Å²) in [6.07, 6.45) is 2.95. The molecular weight excluding hydrogens is 306 g/mol. The van der Waals surface area contributed by atoms with E-state index in [0.29, 0.717) is 11.7 Å². The van der Waals surface area contributed by atoms with Crippen molar-refractivity contribution in [2.24, 2.45) is 5.92 Å². The number of carbonyl (C=O) groups excluding carboxylic acids is 1. The molecule has 2 heterocycles. The van der Waals surface area contributed by atoms with Gasteiger partial charge in [-0.05, 0) is 43.5 Å². The van der Waals surface area contributed by atoms with Crippen LogP contribution in [0, 0.1) is 5.92 Å². The number of amides is 1. The highest BCUT2D eigenvalue weighted by atomic mass is 16.5. The quantitative estimate of drug-likeness (QED) is 0.859. The van der Waals surface area contributed by atoms with Crippen LogP contribution in [0.4, 0.5) is 0 Å². The Bertz CT molecular complexity index is 694. The number of likely N-dealkylation sites (tertiary alicyclic amines) is 1. The molecule has 1 amide bonds. The Morgan fingerprint density at radius 1 is 1.29 bits per heavy atom. The van der Waals surface area contributed by atoms with Crippen molar-refractivity contribution in [3.63, 3.8) is 0 Å². The van der Waals surface area contributed by atoms with Crippen LogP contribution in [0.5, 0.6) is 5.75 Å². The van der Waals surface area contributed by atoms with E-state index in [4.69, 9.17) is 9.26 Å². The summed E-state index contributed by atoms with van der Waals surface area (Å²) in [6, 6.07) is 7.39. The third-order valence-electron chi connectivity index (χ3n) is 4.35. The maximum atomic E-state index is 12.5. The van der Waals surface area contributed by atoms with Crippen molar-refractivity contribution < 1.29 is 14.1 Å². The molecule has 0 spiro atoms. The summed E-state index contributed by atoms with van der Waals surface area (Å²) in [4.78, 5) is 18.9. The minimum Gasteiger partial charge on any atom is -0.497 e. The van der Waals surface area contributed by atoms with Crippen LogP contribution in [0.3, 0.4) is 0 Å². The Hall–Kier alpha value is -2.37. The molecule has 1 fully saturated rings. The monoisotopic (exact) mass is 329 g/mol. The largest absolute Gasteiger partial charge is 0.497 e. The summed E-state index contributed by atoms with van der Waals surface area (Å²) in [5.74, 6) is 1.95. The molecule has 0 radical (unpaired) electrons. The fourth-order valence-electron chi connectivity index (χ4n) is 3.01. The molecule has 3 rings (SSSR count). The van der Waals surface area contributed by atoms with Gasteiger partial charge in [-0.3, -0.25) is 4.79 Å². The summed E-state index contributed by atoms with van der Waals surface area (Å²) in [5, 5.41) is 4.09. The number of nitrogens with zero attached hydrogens (tertiary/aromatic N) is 3. The lowest BCUT2D eigenvalue weighted by molar-refractivity contribution is -0.139. The summed E-state index contributed by atoms with van der Waals surface area (Å²) in [6.45, 7) is 4.59. The normalized spacial score (nSPS) is 18.0. The topological polar surface area (TPSA) is 68.5 Å². The van der Waals surface area contributed by atoms with Gasteiger partial charge in [-0.15, -0.1) is 0 Å². The van der Waals surface area contributed by atoms with Gasteiger partial charge in [0, 0.05) is 18.0 Å². The van der Waals surface area contributed by atoms with Crippen molar-refractivity contribution in [1.29, 1.82) is 0 Å². The molecule has 0 N–H and O–H groups in total. The van der Waals surface area contributed by atoms with E-state index in [2.05, 4.69) is 10.1 Å². The first kappa shape index (κ1) is 16.5. The van der Waals surface area contributed by atoms with E-state index in [-0.39, 0.29) is 17.9 Å². The van der Waals surface area contributed by atoms with E-state index in [9.17, 15) is 4.79 Å². The number of piperidine rings is 1. The highest BCUT2D eigenvalue weighted by molar-refractivity contribution is 5.78. The van der Waals surface area contributed by atoms with Crippen molar-refractivity contribution in [1.82, 2.24) is 15.0 Å². The van der Waals surface area contributed by atoms with E-state index in [1.807, 2.05) is 43.0 Å². The molecule has 1 aromatic carbocycles. The lowest BCUT2D eigenvalue weighted by Gasteiger charge is -2.34. The molecule has 0 saturated carbocycles. The molecule has 1 atom stereocenters. The van der Waals surface area contributed by atoms with Crippen molar-refractivity contribution in [2.75, 3.05) is 13.7 Å². The molecule has 128 valence electrons. The fourth-order valence-corrected chi connectivity index (χ4v) is 3.01. The van der Waals surface area contributed by atoms with Crippen molar-refractivity contribution in [3.05, 3.63) is 30.2 Å². The Labute approximate surface area is 141 Å². The van der Waals surface area contributed by atoms with Crippen LogP contribution in [0.25, 0.3) is 11.4 Å². The Balaban J connectivity index is 1.83. The van der Waals surface area contributed by atoms with Gasteiger partial charge in [-0.1, -0.05) is 19.0 Å². The van der Waals surface area contributed by atoms with Gasteiger partial charge < -0.3 is 14.2 Å². The molecular formula is C18H23N3O3. The van der Waals surface area contributed by atoms with E-state index in [1.165, 1.54) is 0 Å². The van der Waals surface area contributed by atoms with Crippen LogP contribution in [-0.4, -0.2) is 34.6 Å². The molecule has 24 heavy (non-hydrogen) atoms. The Morgan fingerprint density at radius 2 is 2.04 bits per heavy atom. The van der Waals surface area contributed by atoms with Gasteiger partial charge in [0.1, 0.15) is 11.8 Å². The zero-order valence-electron chi connectivity index (χ0n) is 14.4. The van der Waals surface area contributed by atoms with Crippen molar-refractivity contribution in [2.45, 2.75) is 39.2 Å². The highest BCUT2D eigenvalue weighted by Crippen LogP contribution is 2.32. The first-order chi connectivity index (χ1) is 11.6. The first-order valence-electron chi connectivity index (χ1n) is 8.38. The predicted molar refractivity (Wildman–Crippen MR) is 89.4 cm³/mol. The predicted octanol–water partition coefficient (Wildman–Crippen LogP) is 3.45. The van der Waals surface area contributed by atoms with Gasteiger partial charge in [0.05, 0.1) is 7.11 Å². The maximum Gasteiger partial charge on any atom is 0.249 e. The number of carbonyl (C=O) groups is 1. The Morgan fingerprint density at radius 3 is 2.71 bits per heavy atom. The van der Waals surface area contributed by atoms with Crippen molar-refractivity contribution in [3.8, 4) is 17.1 Å². The second-order valence-electron chi connectivity index (χ2n) is 6.38. The van der Waals surface area contributed by atoms with Crippen LogP contribution < -0.4 is 4.74 Å². The average molecular weight is 329 g/mol. The number of hydrogen-bond donors (Lipinski definition) is 0. The van der Waals surface area contributed by atoms with Gasteiger partial charge >= 0.3 is 0 Å². The molecule has 1 saturated heterocycles. The van der Waals surface area contributed by atoms with Gasteiger partial charge in [0.25, 0.3) is 0 Å². The van der Waals surface area contributed by atoms with E-state index in [1.54, 1.807) is 7.11 Å². The number of aromatic nitrogens is 2. The summed E-state index contributed by atoms with van der Waals surface area (Å²) < 4.78 is 10.6. The number of methoxy groups -OCH3 is 1. The summed E-state index contributed by atoms with van der Waals surface area (Å²) >= 11 is 0. The molecule has 1 aromatic heterocycles. The van der Waals surface area contributed by atoms with Gasteiger partial charge in [0.15, 0.2) is 0 Å². The standard InChI is InChI=1S/C18H23N3O3/c1-12(2)18(22)21-11-5-4-6-15(21)17-19-16(20-24-17)13-7-9-14(23-3)10-8-13/h7-10,12,15H,4-6,11H2,1-3H3. The van der Waals surface area contributed by atoms with Gasteiger partial charge in [0.2, 0.25) is 17.6 Å². The van der Waals surface area contributed by atoms with Gasteiger partial charge in [-0.2, -0.15) is 4.98 Å². The molecule has 0 aliphatic carbocycles. The lowest BCUT2D eigenvalue weighted by atomic mass is 10.00. The van der Waals surface area contributed by atoms with E-state index >= 15 is 0 Å². The number of hydrogen-bond acceptors (Lipinski definition) is 5. The van der Waals surface area contributed by atoms with Crippen LogP contribution in [0.15, 0.2) is 28.8 Å². The zero-order valence-corrected chi connectivity index (χ0v) is 14.4. The smallest absolute Gasteiger partial charge is 0.249 e. The minimum absolute atomic E-state index is 0.0328. The highest BCUT2D eigenvalue weighted by Gasteiger charge is 2.33. The lowest BCUT2D eigenvalue weighted by Crippen LogP contribution is -2.40. The SMILES string of the molecule is COc1ccc(-c2noc(C3CCCCN3C(=O)C(C)C)n2)cc1. The number of ether oxygens (including phenoxy) is 1. The molecule has 6 heteroatoms. The molecule has 1 aliphatic rings. The zero-order chi connectivity index (χ0) is 17.1. The number of benzene rings is 1. The summed E-state index contributed by atoms with van der Waals surface area (Å²) in [5.41, 5.74) is 0.864. The molecule has 6 nitrogen and oxygen atoms in total. The number of rotatable bonds is 4. The van der Waals surface area contributed by atoms with Crippen LogP contribution in [-0.2, 0) is 4.79 Å². The third-order valence-corrected chi connectivity index (χ3v) is 4.35.